The summed E-state index contributed by atoms with van der Waals surface area (Å²) in [6.07, 6.45) is 0. The summed E-state index contributed by atoms with van der Waals surface area (Å²) in [5.41, 5.74) is 6.70. The summed E-state index contributed by atoms with van der Waals surface area (Å²) in [6, 6.07) is 11.9. The fourth-order valence-corrected chi connectivity index (χ4v) is 3.24. The van der Waals surface area contributed by atoms with E-state index < -0.39 is 10.8 Å². The first-order chi connectivity index (χ1) is 9.97. The van der Waals surface area contributed by atoms with Gasteiger partial charge in [-0.25, -0.2) is 0 Å². The predicted molar refractivity (Wildman–Crippen MR) is 89.9 cm³/mol. The van der Waals surface area contributed by atoms with Crippen molar-refractivity contribution in [3.63, 3.8) is 0 Å². The Morgan fingerprint density at radius 1 is 1.29 bits per heavy atom. The lowest BCUT2D eigenvalue weighted by Crippen LogP contribution is -2.20. The van der Waals surface area contributed by atoms with E-state index in [1.165, 1.54) is 6.07 Å². The second-order valence-electron chi connectivity index (χ2n) is 4.20. The molecule has 7 heteroatoms. The van der Waals surface area contributed by atoms with E-state index in [9.17, 15) is 9.00 Å². The van der Waals surface area contributed by atoms with Crippen molar-refractivity contribution in [2.24, 2.45) is 0 Å². The number of hydrogen-bond acceptors (Lipinski definition) is 3. The Hall–Kier alpha value is -1.37. The van der Waals surface area contributed by atoms with Crippen molar-refractivity contribution >= 4 is 55.6 Å². The van der Waals surface area contributed by atoms with Crippen LogP contribution in [0.3, 0.4) is 0 Å². The van der Waals surface area contributed by atoms with Crippen LogP contribution in [0, 0.1) is 0 Å². The zero-order chi connectivity index (χ0) is 15.4. The lowest BCUT2D eigenvalue weighted by molar-refractivity contribution is -0.113. The Morgan fingerprint density at radius 2 is 2.00 bits per heavy atom. The average Bonchev–Trinajstić information content (AvgIpc) is 2.41. The fourth-order valence-electron chi connectivity index (χ4n) is 1.67. The van der Waals surface area contributed by atoms with Gasteiger partial charge in [0, 0.05) is 15.2 Å². The third kappa shape index (κ3) is 4.30. The minimum atomic E-state index is -1.52. The van der Waals surface area contributed by atoms with Gasteiger partial charge in [-0.15, -0.1) is 0 Å². The van der Waals surface area contributed by atoms with Gasteiger partial charge in [0.15, 0.2) is 0 Å². The van der Waals surface area contributed by atoms with Gasteiger partial charge in [0.1, 0.15) is 5.75 Å². The predicted octanol–water partition coefficient (Wildman–Crippen LogP) is 3.43. The summed E-state index contributed by atoms with van der Waals surface area (Å²) in [5, 5.41) is 3.16. The molecule has 0 aliphatic carbocycles. The molecule has 110 valence electrons. The third-order valence-corrected chi connectivity index (χ3v) is 4.94. The first-order valence-corrected chi connectivity index (χ1v) is 8.44. The standard InChI is InChI=1S/C14H12BrClN2O2S/c15-10-3-1-2-4-12(10)18-14(19)8-21(20)13-6-5-9(16)7-11(13)17/h1-7H,8,17H2,(H,18,19). The number of anilines is 2. The highest BCUT2D eigenvalue weighted by molar-refractivity contribution is 9.10. The molecule has 0 bridgehead atoms. The maximum Gasteiger partial charge on any atom is 0.237 e. The second kappa shape index (κ2) is 7.06. The van der Waals surface area contributed by atoms with Crippen LogP contribution in [0.25, 0.3) is 0 Å². The highest BCUT2D eigenvalue weighted by Gasteiger charge is 2.14. The SMILES string of the molecule is Nc1cc(Cl)ccc1S(=O)CC(=O)Nc1ccccc1Br. The summed E-state index contributed by atoms with van der Waals surface area (Å²) in [5.74, 6) is -0.526. The van der Waals surface area contributed by atoms with E-state index in [0.29, 0.717) is 21.3 Å². The lowest BCUT2D eigenvalue weighted by atomic mass is 10.3. The molecular formula is C14H12BrClN2O2S. The molecule has 1 atom stereocenters. The topological polar surface area (TPSA) is 72.2 Å². The van der Waals surface area contributed by atoms with Gasteiger partial charge in [-0.05, 0) is 46.3 Å². The molecule has 2 rings (SSSR count). The van der Waals surface area contributed by atoms with Gasteiger partial charge in [-0.2, -0.15) is 0 Å². The van der Waals surface area contributed by atoms with Gasteiger partial charge >= 0.3 is 0 Å². The zero-order valence-electron chi connectivity index (χ0n) is 10.8. The molecule has 2 aromatic carbocycles. The number of carbonyl (C=O) groups is 1. The summed E-state index contributed by atoms with van der Waals surface area (Å²) in [7, 11) is -1.52. The first-order valence-electron chi connectivity index (χ1n) is 5.95. The van der Waals surface area contributed by atoms with Crippen LogP contribution >= 0.6 is 27.5 Å². The molecule has 21 heavy (non-hydrogen) atoms. The molecule has 0 fully saturated rings. The van der Waals surface area contributed by atoms with Crippen molar-refractivity contribution in [1.29, 1.82) is 0 Å². The van der Waals surface area contributed by atoms with Crippen LogP contribution in [-0.2, 0) is 15.6 Å². The summed E-state index contributed by atoms with van der Waals surface area (Å²) in [6.45, 7) is 0. The average molecular weight is 388 g/mol. The Kier molecular flexibility index (Phi) is 5.39. The Bertz CT molecular complexity index is 709. The molecule has 2 aromatic rings. The van der Waals surface area contributed by atoms with E-state index in [2.05, 4.69) is 21.2 Å². The van der Waals surface area contributed by atoms with Gasteiger partial charge in [-0.3, -0.25) is 9.00 Å². The lowest BCUT2D eigenvalue weighted by Gasteiger charge is -2.08. The van der Waals surface area contributed by atoms with Crippen molar-refractivity contribution < 1.29 is 9.00 Å². The van der Waals surface area contributed by atoms with E-state index in [-0.39, 0.29) is 11.7 Å². The maximum absolute atomic E-state index is 12.2. The van der Waals surface area contributed by atoms with Crippen LogP contribution in [0.2, 0.25) is 5.02 Å². The highest BCUT2D eigenvalue weighted by Crippen LogP contribution is 2.23. The number of nitrogens with two attached hydrogens (primary N) is 1. The number of amides is 1. The molecule has 0 spiro atoms. The van der Waals surface area contributed by atoms with E-state index in [1.54, 1.807) is 24.3 Å². The Morgan fingerprint density at radius 3 is 2.67 bits per heavy atom. The van der Waals surface area contributed by atoms with Crippen molar-refractivity contribution in [1.82, 2.24) is 0 Å². The molecule has 3 N–H and O–H groups in total. The second-order valence-corrected chi connectivity index (χ2v) is 6.91. The normalized spacial score (nSPS) is 11.9. The van der Waals surface area contributed by atoms with Gasteiger partial charge in [0.2, 0.25) is 5.91 Å². The largest absolute Gasteiger partial charge is 0.398 e. The molecule has 0 radical (unpaired) electrons. The molecule has 1 amide bonds. The number of nitrogen functional groups attached to an aromatic ring is 1. The molecule has 0 saturated heterocycles. The van der Waals surface area contributed by atoms with Gasteiger partial charge in [0.05, 0.1) is 21.4 Å². The van der Waals surface area contributed by atoms with Crippen molar-refractivity contribution in [3.8, 4) is 0 Å². The van der Waals surface area contributed by atoms with Crippen LogP contribution in [0.4, 0.5) is 11.4 Å². The molecular weight excluding hydrogens is 376 g/mol. The molecule has 1 unspecified atom stereocenters. The van der Waals surface area contributed by atoms with Crippen LogP contribution in [0.15, 0.2) is 51.8 Å². The number of para-hydroxylation sites is 1. The first kappa shape index (κ1) is 16.0. The highest BCUT2D eigenvalue weighted by atomic mass is 79.9. The Balaban J connectivity index is 2.06. The van der Waals surface area contributed by atoms with E-state index in [1.807, 2.05) is 12.1 Å². The van der Waals surface area contributed by atoms with Crippen LogP contribution in [0.1, 0.15) is 0 Å². The maximum atomic E-state index is 12.2. The number of benzene rings is 2. The minimum absolute atomic E-state index is 0.173. The van der Waals surface area contributed by atoms with E-state index >= 15 is 0 Å². The van der Waals surface area contributed by atoms with Crippen molar-refractivity contribution in [2.45, 2.75) is 4.90 Å². The molecule has 0 aromatic heterocycles. The number of hydrogen-bond donors (Lipinski definition) is 2. The molecule has 0 aliphatic rings. The summed E-state index contributed by atoms with van der Waals surface area (Å²) < 4.78 is 12.9. The number of halogens is 2. The number of rotatable bonds is 4. The minimum Gasteiger partial charge on any atom is -0.398 e. The molecule has 0 aliphatic heterocycles. The summed E-state index contributed by atoms with van der Waals surface area (Å²) >= 11 is 9.12. The van der Waals surface area contributed by atoms with Gasteiger partial charge in [0.25, 0.3) is 0 Å². The van der Waals surface area contributed by atoms with E-state index in [4.69, 9.17) is 17.3 Å². The fraction of sp³-hybridized carbons (Fsp3) is 0.0714. The van der Waals surface area contributed by atoms with Crippen molar-refractivity contribution in [2.75, 3.05) is 16.8 Å². The zero-order valence-corrected chi connectivity index (χ0v) is 14.0. The molecule has 0 saturated carbocycles. The summed E-state index contributed by atoms with van der Waals surface area (Å²) in [4.78, 5) is 12.3. The molecule has 4 nitrogen and oxygen atoms in total. The Labute approximate surface area is 138 Å². The number of nitrogens with one attached hydrogen (secondary N) is 1. The number of carbonyl (C=O) groups excluding carboxylic acids is 1. The van der Waals surface area contributed by atoms with Crippen LogP contribution in [0.5, 0.6) is 0 Å². The molecule has 0 heterocycles. The quantitative estimate of drug-likeness (QED) is 0.789. The van der Waals surface area contributed by atoms with Crippen LogP contribution in [-0.4, -0.2) is 15.9 Å². The van der Waals surface area contributed by atoms with E-state index in [0.717, 1.165) is 4.47 Å². The smallest absolute Gasteiger partial charge is 0.237 e. The third-order valence-electron chi connectivity index (χ3n) is 2.63. The van der Waals surface area contributed by atoms with Crippen molar-refractivity contribution in [3.05, 3.63) is 52.0 Å². The monoisotopic (exact) mass is 386 g/mol. The van der Waals surface area contributed by atoms with Gasteiger partial charge in [-0.1, -0.05) is 23.7 Å². The van der Waals surface area contributed by atoms with Gasteiger partial charge < -0.3 is 11.1 Å². The van der Waals surface area contributed by atoms with Crippen LogP contribution < -0.4 is 11.1 Å².